The van der Waals surface area contributed by atoms with Crippen molar-refractivity contribution < 1.29 is 9.53 Å². The first-order chi connectivity index (χ1) is 8.89. The first-order valence-electron chi connectivity index (χ1n) is 7.79. The second kappa shape index (κ2) is 9.35. The molecular formula is C16H33NO2. The van der Waals surface area contributed by atoms with Crippen molar-refractivity contribution in [3.63, 3.8) is 0 Å². The van der Waals surface area contributed by atoms with E-state index in [1.54, 1.807) is 0 Å². The third kappa shape index (κ3) is 6.95. The van der Waals surface area contributed by atoms with Crippen molar-refractivity contribution in [3.8, 4) is 0 Å². The van der Waals surface area contributed by atoms with Crippen LogP contribution in [0.15, 0.2) is 0 Å². The molecule has 0 saturated heterocycles. The average molecular weight is 271 g/mol. The van der Waals surface area contributed by atoms with E-state index in [1.807, 2.05) is 6.92 Å². The highest BCUT2D eigenvalue weighted by Gasteiger charge is 2.33. The van der Waals surface area contributed by atoms with E-state index in [-0.39, 0.29) is 11.4 Å². The van der Waals surface area contributed by atoms with E-state index in [1.165, 1.54) is 0 Å². The van der Waals surface area contributed by atoms with Gasteiger partial charge in [-0.2, -0.15) is 0 Å². The Bertz CT molecular complexity index is 253. The monoisotopic (exact) mass is 271 g/mol. The average Bonchev–Trinajstić information content (AvgIpc) is 2.36. The lowest BCUT2D eigenvalue weighted by atomic mass is 9.80. The molecule has 0 rings (SSSR count). The lowest BCUT2D eigenvalue weighted by Gasteiger charge is -2.28. The summed E-state index contributed by atoms with van der Waals surface area (Å²) in [5.41, 5.74) is -0.323. The molecule has 0 heterocycles. The van der Waals surface area contributed by atoms with Crippen molar-refractivity contribution in [1.82, 2.24) is 4.90 Å². The van der Waals surface area contributed by atoms with E-state index in [4.69, 9.17) is 4.74 Å². The zero-order valence-electron chi connectivity index (χ0n) is 13.8. The third-order valence-electron chi connectivity index (χ3n) is 3.76. The molecule has 0 aromatic rings. The minimum absolute atomic E-state index is 0.0312. The summed E-state index contributed by atoms with van der Waals surface area (Å²) in [6, 6.07) is 0. The molecule has 1 atom stereocenters. The Morgan fingerprint density at radius 3 is 2.26 bits per heavy atom. The van der Waals surface area contributed by atoms with Crippen LogP contribution >= 0.6 is 0 Å². The highest BCUT2D eigenvalue weighted by molar-refractivity contribution is 5.76. The lowest BCUT2D eigenvalue weighted by molar-refractivity contribution is -0.156. The molecule has 0 radical (unpaired) electrons. The van der Waals surface area contributed by atoms with Gasteiger partial charge in [0.05, 0.1) is 5.41 Å². The van der Waals surface area contributed by atoms with E-state index in [0.29, 0.717) is 12.5 Å². The van der Waals surface area contributed by atoms with E-state index in [0.717, 1.165) is 38.9 Å². The third-order valence-corrected chi connectivity index (χ3v) is 3.76. The lowest BCUT2D eigenvalue weighted by Crippen LogP contribution is -2.34. The van der Waals surface area contributed by atoms with Crippen LogP contribution in [-0.4, -0.2) is 37.1 Å². The van der Waals surface area contributed by atoms with Crippen molar-refractivity contribution in [3.05, 3.63) is 0 Å². The van der Waals surface area contributed by atoms with Crippen LogP contribution in [0, 0.1) is 11.3 Å². The van der Waals surface area contributed by atoms with Gasteiger partial charge in [0.1, 0.15) is 6.61 Å². The zero-order chi connectivity index (χ0) is 14.9. The summed E-state index contributed by atoms with van der Waals surface area (Å²) in [6.45, 7) is 16.2. The maximum absolute atomic E-state index is 12.2. The first kappa shape index (κ1) is 18.4. The Morgan fingerprint density at radius 1 is 1.21 bits per heavy atom. The molecule has 0 saturated carbocycles. The van der Waals surface area contributed by atoms with E-state index in [9.17, 15) is 4.79 Å². The molecule has 114 valence electrons. The number of likely N-dealkylation sites (N-methyl/N-ethyl adjacent to an activating group) is 1. The molecule has 1 unspecified atom stereocenters. The number of hydrogen-bond donors (Lipinski definition) is 0. The number of carbonyl (C=O) groups excluding carboxylic acids is 1. The second-order valence-corrected chi connectivity index (χ2v) is 6.08. The molecule has 0 aliphatic rings. The molecular weight excluding hydrogens is 238 g/mol. The highest BCUT2D eigenvalue weighted by atomic mass is 16.5. The molecule has 0 N–H and O–H groups in total. The summed E-state index contributed by atoms with van der Waals surface area (Å²) in [7, 11) is 0. The summed E-state index contributed by atoms with van der Waals surface area (Å²) >= 11 is 0. The van der Waals surface area contributed by atoms with Crippen LogP contribution in [0.3, 0.4) is 0 Å². The predicted octanol–water partition coefficient (Wildman–Crippen LogP) is 3.72. The van der Waals surface area contributed by atoms with E-state index < -0.39 is 0 Å². The smallest absolute Gasteiger partial charge is 0.311 e. The largest absolute Gasteiger partial charge is 0.464 e. The molecule has 0 spiro atoms. The van der Waals surface area contributed by atoms with Crippen LogP contribution in [0.2, 0.25) is 0 Å². The van der Waals surface area contributed by atoms with Crippen LogP contribution in [0.5, 0.6) is 0 Å². The molecule has 0 bridgehead atoms. The van der Waals surface area contributed by atoms with Gasteiger partial charge in [0, 0.05) is 6.54 Å². The Morgan fingerprint density at radius 2 is 1.84 bits per heavy atom. The maximum Gasteiger partial charge on any atom is 0.311 e. The zero-order valence-corrected chi connectivity index (χ0v) is 13.8. The van der Waals surface area contributed by atoms with Crippen molar-refractivity contribution in [1.29, 1.82) is 0 Å². The number of carbonyl (C=O) groups is 1. The second-order valence-electron chi connectivity index (χ2n) is 6.08. The highest BCUT2D eigenvalue weighted by Crippen LogP contribution is 2.31. The topological polar surface area (TPSA) is 29.5 Å². The maximum atomic E-state index is 12.2. The van der Waals surface area contributed by atoms with Crippen molar-refractivity contribution >= 4 is 5.97 Å². The van der Waals surface area contributed by atoms with Gasteiger partial charge in [-0.3, -0.25) is 4.79 Å². The SMILES string of the molecule is CCCN(CC)CCOC(=O)C(C)(CC)CC(C)C. The standard InChI is InChI=1S/C16H33NO2/c1-7-10-17(9-3)11-12-19-15(18)16(6,8-2)13-14(4)5/h14H,7-13H2,1-6H3. The van der Waals surface area contributed by atoms with Gasteiger partial charge >= 0.3 is 5.97 Å². The molecule has 3 nitrogen and oxygen atoms in total. The molecule has 0 aliphatic carbocycles. The summed E-state index contributed by atoms with van der Waals surface area (Å²) in [6.07, 6.45) is 2.88. The summed E-state index contributed by atoms with van der Waals surface area (Å²) < 4.78 is 5.50. The number of esters is 1. The normalized spacial score (nSPS) is 14.7. The van der Waals surface area contributed by atoms with Crippen molar-refractivity contribution in [2.45, 2.75) is 60.8 Å². The minimum Gasteiger partial charge on any atom is -0.464 e. The Kier molecular flexibility index (Phi) is 9.07. The molecule has 3 heteroatoms. The van der Waals surface area contributed by atoms with Crippen LogP contribution < -0.4 is 0 Å². The number of hydrogen-bond acceptors (Lipinski definition) is 3. The van der Waals surface area contributed by atoms with Crippen molar-refractivity contribution in [2.75, 3.05) is 26.2 Å². The number of ether oxygens (including phenoxy) is 1. The van der Waals surface area contributed by atoms with Crippen LogP contribution in [-0.2, 0) is 9.53 Å². The molecule has 0 amide bonds. The van der Waals surface area contributed by atoms with Gasteiger partial charge < -0.3 is 9.64 Å². The van der Waals surface area contributed by atoms with E-state index >= 15 is 0 Å². The van der Waals surface area contributed by atoms with Crippen LogP contribution in [0.1, 0.15) is 60.8 Å². The molecule has 0 aliphatic heterocycles. The number of nitrogens with zero attached hydrogens (tertiary/aromatic N) is 1. The molecule has 19 heavy (non-hydrogen) atoms. The van der Waals surface area contributed by atoms with E-state index in [2.05, 4.69) is 39.5 Å². The fraction of sp³-hybridized carbons (Fsp3) is 0.938. The van der Waals surface area contributed by atoms with Gasteiger partial charge in [0.25, 0.3) is 0 Å². The Balaban J connectivity index is 4.20. The minimum atomic E-state index is -0.323. The summed E-state index contributed by atoms with van der Waals surface area (Å²) in [5, 5.41) is 0. The fourth-order valence-corrected chi connectivity index (χ4v) is 2.46. The van der Waals surface area contributed by atoms with Crippen LogP contribution in [0.25, 0.3) is 0 Å². The summed E-state index contributed by atoms with van der Waals surface area (Å²) in [4.78, 5) is 14.5. The predicted molar refractivity (Wildman–Crippen MR) is 81.2 cm³/mol. The van der Waals surface area contributed by atoms with Gasteiger partial charge in [-0.05, 0) is 45.2 Å². The molecule has 0 aromatic heterocycles. The van der Waals surface area contributed by atoms with Crippen molar-refractivity contribution in [2.24, 2.45) is 11.3 Å². The molecule has 0 aromatic carbocycles. The van der Waals surface area contributed by atoms with Gasteiger partial charge in [-0.15, -0.1) is 0 Å². The van der Waals surface area contributed by atoms with Gasteiger partial charge in [0.15, 0.2) is 0 Å². The van der Waals surface area contributed by atoms with Gasteiger partial charge in [0.2, 0.25) is 0 Å². The Labute approximate surface area is 119 Å². The quantitative estimate of drug-likeness (QED) is 0.567. The Hall–Kier alpha value is -0.570. The summed E-state index contributed by atoms with van der Waals surface area (Å²) in [5.74, 6) is 0.487. The van der Waals surface area contributed by atoms with Crippen LogP contribution in [0.4, 0.5) is 0 Å². The number of rotatable bonds is 10. The first-order valence-corrected chi connectivity index (χ1v) is 7.79. The molecule has 0 fully saturated rings. The van der Waals surface area contributed by atoms with Gasteiger partial charge in [-0.1, -0.05) is 34.6 Å². The fourth-order valence-electron chi connectivity index (χ4n) is 2.46. The van der Waals surface area contributed by atoms with Gasteiger partial charge in [-0.25, -0.2) is 0 Å².